The number of halogens is 3. The first-order valence-electron chi connectivity index (χ1n) is 12.6. The fraction of sp³-hybridized carbons (Fsp3) is 0.593. The average molecular weight is 540 g/mol. The van der Waals surface area contributed by atoms with Gasteiger partial charge in [0.25, 0.3) is 0 Å². The van der Waals surface area contributed by atoms with Gasteiger partial charge in [0.15, 0.2) is 0 Å². The molecule has 38 heavy (non-hydrogen) atoms. The van der Waals surface area contributed by atoms with Crippen LogP contribution in [-0.2, 0) is 39.9 Å². The zero-order chi connectivity index (χ0) is 27.6. The third-order valence-electron chi connectivity index (χ3n) is 7.79. The van der Waals surface area contributed by atoms with Gasteiger partial charge in [-0.05, 0) is 37.7 Å². The van der Waals surface area contributed by atoms with Crippen LogP contribution in [0.25, 0.3) is 0 Å². The van der Waals surface area contributed by atoms with Crippen LogP contribution < -0.4 is 0 Å². The number of esters is 2. The molecular weight excluding hydrogens is 507 g/mol. The Morgan fingerprint density at radius 3 is 2.45 bits per heavy atom. The standard InChI is InChI=1S/C27H32F3NO7/c1-18(32)38-26(11-6-12-26)25(24(34)37-16-19-7-4-3-5-8-19)13-9-20(15-25)31(23(33)27(28,29)30)21-10-14-36-17-22(21)35-2/h3-5,7-9,13,20-22H,6,10-12,14-17H2,1-2H3/t20-,21+,22-,25-/m1/s1. The summed E-state index contributed by atoms with van der Waals surface area (Å²) in [6.45, 7) is 1.35. The number of alkyl halides is 3. The van der Waals surface area contributed by atoms with Crippen LogP contribution in [0.1, 0.15) is 44.6 Å². The van der Waals surface area contributed by atoms with E-state index in [1.54, 1.807) is 24.3 Å². The van der Waals surface area contributed by atoms with Crippen molar-refractivity contribution in [2.24, 2.45) is 5.41 Å². The van der Waals surface area contributed by atoms with E-state index in [1.807, 2.05) is 6.07 Å². The van der Waals surface area contributed by atoms with Gasteiger partial charge in [0.2, 0.25) is 0 Å². The van der Waals surface area contributed by atoms with E-state index in [0.29, 0.717) is 19.3 Å². The lowest BCUT2D eigenvalue weighted by Crippen LogP contribution is -2.62. The predicted octanol–water partition coefficient (Wildman–Crippen LogP) is 3.73. The zero-order valence-corrected chi connectivity index (χ0v) is 21.4. The lowest BCUT2D eigenvalue weighted by molar-refractivity contribution is -0.207. The monoisotopic (exact) mass is 539 g/mol. The summed E-state index contributed by atoms with van der Waals surface area (Å²) in [6, 6.07) is 6.91. The number of rotatable bonds is 8. The van der Waals surface area contributed by atoms with Crippen molar-refractivity contribution in [2.45, 2.75) is 75.6 Å². The number of benzene rings is 1. The Balaban J connectivity index is 1.69. The molecule has 1 heterocycles. The Kier molecular flexibility index (Phi) is 8.17. The van der Waals surface area contributed by atoms with Gasteiger partial charge in [0, 0.05) is 20.6 Å². The minimum Gasteiger partial charge on any atom is -0.460 e. The fourth-order valence-corrected chi connectivity index (χ4v) is 5.81. The summed E-state index contributed by atoms with van der Waals surface area (Å²) < 4.78 is 63.6. The van der Waals surface area contributed by atoms with Gasteiger partial charge < -0.3 is 23.8 Å². The normalized spacial score (nSPS) is 28.3. The molecule has 0 bridgehead atoms. The maximum Gasteiger partial charge on any atom is 0.471 e. The number of hydrogen-bond acceptors (Lipinski definition) is 7. The molecule has 2 fully saturated rings. The SMILES string of the molecule is CO[C@@H]1COCC[C@@H]1N(C(=O)C(F)(F)F)[C@@H]1C=C[C@@](C(=O)OCc2ccccc2)(C2(OC(C)=O)CCC2)C1. The third kappa shape index (κ3) is 5.31. The number of amides is 1. The highest BCUT2D eigenvalue weighted by atomic mass is 19.4. The van der Waals surface area contributed by atoms with Gasteiger partial charge in [0.1, 0.15) is 23.7 Å². The highest BCUT2D eigenvalue weighted by Gasteiger charge is 2.65. The van der Waals surface area contributed by atoms with E-state index in [-0.39, 0.29) is 32.7 Å². The van der Waals surface area contributed by atoms with Crippen molar-refractivity contribution in [2.75, 3.05) is 20.3 Å². The molecule has 1 amide bonds. The topological polar surface area (TPSA) is 91.4 Å². The summed E-state index contributed by atoms with van der Waals surface area (Å²) in [4.78, 5) is 39.4. The number of carbonyl (C=O) groups is 3. The van der Waals surface area contributed by atoms with Gasteiger partial charge in [0.05, 0.1) is 18.7 Å². The van der Waals surface area contributed by atoms with Crippen molar-refractivity contribution in [3.63, 3.8) is 0 Å². The van der Waals surface area contributed by atoms with Gasteiger partial charge in [-0.25, -0.2) is 0 Å². The van der Waals surface area contributed by atoms with Gasteiger partial charge in [-0.1, -0.05) is 42.5 Å². The van der Waals surface area contributed by atoms with Crippen molar-refractivity contribution in [1.29, 1.82) is 0 Å². The van der Waals surface area contributed by atoms with E-state index in [1.165, 1.54) is 26.2 Å². The van der Waals surface area contributed by atoms with Crippen molar-refractivity contribution < 1.29 is 46.5 Å². The summed E-state index contributed by atoms with van der Waals surface area (Å²) in [6.07, 6.45) is -1.76. The second-order valence-corrected chi connectivity index (χ2v) is 10.0. The predicted molar refractivity (Wildman–Crippen MR) is 127 cm³/mol. The van der Waals surface area contributed by atoms with Crippen LogP contribution in [0.5, 0.6) is 0 Å². The summed E-state index contributed by atoms with van der Waals surface area (Å²) in [5.74, 6) is -3.34. The summed E-state index contributed by atoms with van der Waals surface area (Å²) in [7, 11) is 1.35. The highest BCUT2D eigenvalue weighted by Crippen LogP contribution is 2.56. The average Bonchev–Trinajstić information content (AvgIpc) is 3.31. The van der Waals surface area contributed by atoms with Gasteiger partial charge in [-0.15, -0.1) is 0 Å². The molecule has 0 radical (unpaired) electrons. The number of carbonyl (C=O) groups excluding carboxylic acids is 3. The Bertz CT molecular complexity index is 1060. The first kappa shape index (κ1) is 28.1. The second kappa shape index (κ2) is 11.1. The molecule has 11 heteroatoms. The number of nitrogens with zero attached hydrogens (tertiary/aromatic N) is 1. The number of methoxy groups -OCH3 is 1. The number of ether oxygens (including phenoxy) is 4. The lowest BCUT2D eigenvalue weighted by atomic mass is 9.60. The summed E-state index contributed by atoms with van der Waals surface area (Å²) in [5, 5.41) is 0. The summed E-state index contributed by atoms with van der Waals surface area (Å²) >= 11 is 0. The minimum absolute atomic E-state index is 0.0287. The molecule has 1 aromatic rings. The van der Waals surface area contributed by atoms with Crippen LogP contribution in [0.4, 0.5) is 13.2 Å². The second-order valence-electron chi connectivity index (χ2n) is 10.0. The van der Waals surface area contributed by atoms with Crippen LogP contribution in [0.3, 0.4) is 0 Å². The van der Waals surface area contributed by atoms with E-state index in [2.05, 4.69) is 0 Å². The van der Waals surface area contributed by atoms with Crippen LogP contribution in [0, 0.1) is 5.41 Å². The van der Waals surface area contributed by atoms with E-state index in [0.717, 1.165) is 10.5 Å². The molecule has 208 valence electrons. The molecule has 1 aromatic carbocycles. The first-order valence-corrected chi connectivity index (χ1v) is 12.6. The Hall–Kier alpha value is -2.92. The van der Waals surface area contributed by atoms with Crippen molar-refractivity contribution >= 4 is 17.8 Å². The van der Waals surface area contributed by atoms with E-state index in [4.69, 9.17) is 18.9 Å². The Morgan fingerprint density at radius 2 is 1.87 bits per heavy atom. The van der Waals surface area contributed by atoms with Crippen LogP contribution in [0.2, 0.25) is 0 Å². The molecule has 4 atom stereocenters. The molecular formula is C27H32F3NO7. The molecule has 1 aliphatic heterocycles. The van der Waals surface area contributed by atoms with Crippen LogP contribution >= 0.6 is 0 Å². The van der Waals surface area contributed by atoms with Gasteiger partial charge in [-0.3, -0.25) is 14.4 Å². The quantitative estimate of drug-likeness (QED) is 0.367. The molecule has 0 N–H and O–H groups in total. The number of hydrogen-bond donors (Lipinski definition) is 0. The maximum absolute atomic E-state index is 13.8. The molecule has 0 unspecified atom stereocenters. The van der Waals surface area contributed by atoms with Crippen molar-refractivity contribution in [3.05, 3.63) is 48.0 Å². The largest absolute Gasteiger partial charge is 0.471 e. The molecule has 2 aliphatic carbocycles. The third-order valence-corrected chi connectivity index (χ3v) is 7.79. The van der Waals surface area contributed by atoms with E-state index < -0.39 is 53.2 Å². The van der Waals surface area contributed by atoms with Gasteiger partial charge >= 0.3 is 24.0 Å². The maximum atomic E-state index is 13.8. The van der Waals surface area contributed by atoms with Gasteiger partial charge in [-0.2, -0.15) is 13.2 Å². The highest BCUT2D eigenvalue weighted by molar-refractivity contribution is 5.85. The fourth-order valence-electron chi connectivity index (χ4n) is 5.81. The van der Waals surface area contributed by atoms with Crippen molar-refractivity contribution in [3.8, 4) is 0 Å². The molecule has 1 saturated heterocycles. The smallest absolute Gasteiger partial charge is 0.460 e. The molecule has 8 nitrogen and oxygen atoms in total. The van der Waals surface area contributed by atoms with Crippen LogP contribution in [-0.4, -0.2) is 73.0 Å². The molecule has 0 spiro atoms. The Morgan fingerprint density at radius 1 is 1.16 bits per heavy atom. The lowest BCUT2D eigenvalue weighted by Gasteiger charge is -2.51. The molecule has 3 aliphatic rings. The van der Waals surface area contributed by atoms with Crippen LogP contribution in [0.15, 0.2) is 42.5 Å². The molecule has 0 aromatic heterocycles. The van der Waals surface area contributed by atoms with E-state index in [9.17, 15) is 27.6 Å². The summed E-state index contributed by atoms with van der Waals surface area (Å²) in [5.41, 5.74) is -2.11. The molecule has 1 saturated carbocycles. The first-order chi connectivity index (χ1) is 18.0. The zero-order valence-electron chi connectivity index (χ0n) is 21.4. The minimum atomic E-state index is -5.15. The Labute approximate surface area is 219 Å². The van der Waals surface area contributed by atoms with Crippen molar-refractivity contribution in [1.82, 2.24) is 4.90 Å². The van der Waals surface area contributed by atoms with E-state index >= 15 is 0 Å². The molecule has 4 rings (SSSR count).